The van der Waals surface area contributed by atoms with Crippen molar-refractivity contribution in [3.63, 3.8) is 0 Å². The Balaban J connectivity index is 1.91. The summed E-state index contributed by atoms with van der Waals surface area (Å²) in [7, 11) is 1.46. The number of aliphatic imine (C=N–C) groups is 1. The van der Waals surface area contributed by atoms with E-state index < -0.39 is 17.3 Å². The zero-order valence-corrected chi connectivity index (χ0v) is 16.1. The minimum absolute atomic E-state index is 0.00967. The van der Waals surface area contributed by atoms with Gasteiger partial charge in [0.05, 0.1) is 25.0 Å². The van der Waals surface area contributed by atoms with Gasteiger partial charge in [0.25, 0.3) is 11.9 Å². The Labute approximate surface area is 162 Å². The highest BCUT2D eigenvalue weighted by Crippen LogP contribution is 2.41. The van der Waals surface area contributed by atoms with Gasteiger partial charge in [-0.15, -0.1) is 0 Å². The van der Waals surface area contributed by atoms with Crippen LogP contribution in [0.3, 0.4) is 0 Å². The van der Waals surface area contributed by atoms with Gasteiger partial charge < -0.3 is 20.5 Å². The molecule has 148 valence electrons. The molecule has 2 heterocycles. The molecule has 1 aromatic carbocycles. The summed E-state index contributed by atoms with van der Waals surface area (Å²) in [6.45, 7) is 5.57. The van der Waals surface area contributed by atoms with Crippen LogP contribution in [0.25, 0.3) is 0 Å². The van der Waals surface area contributed by atoms with Crippen LogP contribution in [0.5, 0.6) is 5.88 Å². The van der Waals surface area contributed by atoms with Gasteiger partial charge in [0, 0.05) is 17.2 Å². The van der Waals surface area contributed by atoms with Crippen molar-refractivity contribution in [3.05, 3.63) is 47.7 Å². The molecule has 1 aliphatic heterocycles. The smallest absolute Gasteiger partial charge is 0.283 e. The van der Waals surface area contributed by atoms with E-state index in [2.05, 4.69) is 20.3 Å². The maximum absolute atomic E-state index is 14.7. The molecule has 1 aromatic heterocycles. The quantitative estimate of drug-likeness (QED) is 0.833. The minimum atomic E-state index is -0.938. The van der Waals surface area contributed by atoms with Crippen molar-refractivity contribution in [2.45, 2.75) is 32.4 Å². The number of aromatic nitrogens is 2. The summed E-state index contributed by atoms with van der Waals surface area (Å²) in [5.41, 5.74) is 5.67. The molecule has 0 bridgehead atoms. The zero-order chi connectivity index (χ0) is 20.5. The topological polar surface area (TPSA) is 112 Å². The molecule has 1 unspecified atom stereocenters. The number of nitrogens with two attached hydrogens (primary N) is 1. The first kappa shape index (κ1) is 19.5. The van der Waals surface area contributed by atoms with E-state index in [1.54, 1.807) is 13.0 Å². The van der Waals surface area contributed by atoms with Crippen molar-refractivity contribution >= 4 is 17.6 Å². The number of ether oxygens (including phenoxy) is 2. The van der Waals surface area contributed by atoms with E-state index in [4.69, 9.17) is 15.2 Å². The molecule has 28 heavy (non-hydrogen) atoms. The molecule has 0 saturated carbocycles. The monoisotopic (exact) mass is 387 g/mol. The lowest BCUT2D eigenvalue weighted by Gasteiger charge is -2.40. The number of amides is 1. The third-order valence-corrected chi connectivity index (χ3v) is 5.08. The molecule has 0 spiro atoms. The number of amidine groups is 1. The Kier molecular flexibility index (Phi) is 5.17. The number of methoxy groups -OCH3 is 1. The minimum Gasteiger partial charge on any atom is -0.480 e. The van der Waals surface area contributed by atoms with E-state index in [0.29, 0.717) is 17.1 Å². The second kappa shape index (κ2) is 7.41. The van der Waals surface area contributed by atoms with Crippen molar-refractivity contribution in [1.82, 2.24) is 9.97 Å². The zero-order valence-electron chi connectivity index (χ0n) is 16.1. The molecule has 8 nitrogen and oxygen atoms in total. The summed E-state index contributed by atoms with van der Waals surface area (Å²) in [6, 6.07) is 4.32. The second-order valence-electron chi connectivity index (χ2n) is 6.80. The molecule has 0 aliphatic carbocycles. The van der Waals surface area contributed by atoms with Gasteiger partial charge in [-0.2, -0.15) is 0 Å². The number of carbonyl (C=O) groups is 1. The van der Waals surface area contributed by atoms with E-state index in [1.165, 1.54) is 31.6 Å². The first-order valence-corrected chi connectivity index (χ1v) is 8.74. The lowest BCUT2D eigenvalue weighted by molar-refractivity contribution is 0.0703. The van der Waals surface area contributed by atoms with Crippen molar-refractivity contribution in [2.24, 2.45) is 16.6 Å². The van der Waals surface area contributed by atoms with Crippen molar-refractivity contribution in [2.75, 3.05) is 12.4 Å². The van der Waals surface area contributed by atoms with Crippen LogP contribution in [0.15, 0.2) is 35.6 Å². The Morgan fingerprint density at radius 2 is 2.07 bits per heavy atom. The van der Waals surface area contributed by atoms with Crippen LogP contribution in [0.4, 0.5) is 10.1 Å². The van der Waals surface area contributed by atoms with Gasteiger partial charge in [-0.05, 0) is 32.0 Å². The fourth-order valence-electron chi connectivity index (χ4n) is 3.14. The average Bonchev–Trinajstić information content (AvgIpc) is 2.67. The number of halogens is 1. The molecule has 1 aliphatic rings. The fourth-order valence-corrected chi connectivity index (χ4v) is 3.14. The van der Waals surface area contributed by atoms with Crippen LogP contribution in [-0.4, -0.2) is 35.1 Å². The van der Waals surface area contributed by atoms with Gasteiger partial charge in [-0.3, -0.25) is 4.79 Å². The molecule has 2 aromatic rings. The summed E-state index contributed by atoms with van der Waals surface area (Å²) in [5, 5.41) is 2.70. The van der Waals surface area contributed by atoms with E-state index in [-0.39, 0.29) is 23.7 Å². The van der Waals surface area contributed by atoms with Gasteiger partial charge >= 0.3 is 0 Å². The van der Waals surface area contributed by atoms with Gasteiger partial charge in [-0.25, -0.2) is 19.4 Å². The van der Waals surface area contributed by atoms with E-state index in [0.717, 1.165) is 0 Å². The van der Waals surface area contributed by atoms with Crippen LogP contribution >= 0.6 is 0 Å². The van der Waals surface area contributed by atoms with Crippen molar-refractivity contribution in [3.8, 4) is 5.88 Å². The lowest BCUT2D eigenvalue weighted by Crippen LogP contribution is -2.45. The van der Waals surface area contributed by atoms with Crippen molar-refractivity contribution < 1.29 is 18.7 Å². The van der Waals surface area contributed by atoms with Crippen LogP contribution < -0.4 is 15.8 Å². The summed E-state index contributed by atoms with van der Waals surface area (Å²) >= 11 is 0. The highest BCUT2D eigenvalue weighted by Gasteiger charge is 2.42. The molecule has 0 radical (unpaired) electrons. The number of anilines is 1. The molecule has 1 amide bonds. The van der Waals surface area contributed by atoms with Gasteiger partial charge in [0.2, 0.25) is 5.88 Å². The SMILES string of the molecule is COc1cnc(C(=O)Nc2ccc(F)c([C@@]3(C)N=C(N)OC(C)[C@H]3C)c2)cn1. The summed E-state index contributed by atoms with van der Waals surface area (Å²) < 4.78 is 25.0. The number of nitrogens with zero attached hydrogens (tertiary/aromatic N) is 3. The maximum Gasteiger partial charge on any atom is 0.283 e. The summed E-state index contributed by atoms with van der Waals surface area (Å²) in [5.74, 6) is -0.768. The molecule has 3 rings (SSSR count). The molecule has 0 saturated heterocycles. The standard InChI is InChI=1S/C19H22FN5O3/c1-10-11(2)28-18(21)25-19(10,3)13-7-12(5-6-14(13)20)24-17(26)15-8-23-16(27-4)9-22-15/h5-11H,1-4H3,(H2,21,25)(H,24,26)/t10-,11?,19+/m1/s1. The van der Waals surface area contributed by atoms with Crippen LogP contribution in [0, 0.1) is 11.7 Å². The Morgan fingerprint density at radius 3 is 2.71 bits per heavy atom. The van der Waals surface area contributed by atoms with Crippen LogP contribution in [0.2, 0.25) is 0 Å². The van der Waals surface area contributed by atoms with Crippen LogP contribution in [0.1, 0.15) is 36.8 Å². The molecule has 3 N–H and O–H groups in total. The van der Waals surface area contributed by atoms with Crippen LogP contribution in [-0.2, 0) is 10.3 Å². The van der Waals surface area contributed by atoms with Gasteiger partial charge in [0.1, 0.15) is 17.6 Å². The average molecular weight is 387 g/mol. The highest BCUT2D eigenvalue weighted by molar-refractivity contribution is 6.02. The fraction of sp³-hybridized carbons (Fsp3) is 0.368. The summed E-state index contributed by atoms with van der Waals surface area (Å²) in [4.78, 5) is 24.7. The largest absolute Gasteiger partial charge is 0.480 e. The van der Waals surface area contributed by atoms with Gasteiger partial charge in [-0.1, -0.05) is 6.92 Å². The molecular weight excluding hydrogens is 365 g/mol. The maximum atomic E-state index is 14.7. The number of hydrogen-bond donors (Lipinski definition) is 2. The van der Waals surface area contributed by atoms with E-state index in [9.17, 15) is 9.18 Å². The Hall–Kier alpha value is -3.23. The summed E-state index contributed by atoms with van der Waals surface area (Å²) in [6.07, 6.45) is 2.40. The predicted octanol–water partition coefficient (Wildman–Crippen LogP) is 2.46. The molecule has 0 fully saturated rings. The van der Waals surface area contributed by atoms with Gasteiger partial charge in [0.15, 0.2) is 0 Å². The Bertz CT molecular complexity index is 918. The number of hydrogen-bond acceptors (Lipinski definition) is 7. The lowest BCUT2D eigenvalue weighted by atomic mass is 9.77. The third kappa shape index (κ3) is 3.60. The third-order valence-electron chi connectivity index (χ3n) is 5.08. The number of benzene rings is 1. The van der Waals surface area contributed by atoms with E-state index >= 15 is 0 Å². The van der Waals surface area contributed by atoms with Crippen molar-refractivity contribution in [1.29, 1.82) is 0 Å². The predicted molar refractivity (Wildman–Crippen MR) is 102 cm³/mol. The first-order valence-electron chi connectivity index (χ1n) is 8.74. The molecule has 9 heteroatoms. The molecule has 3 atom stereocenters. The number of carbonyl (C=O) groups excluding carboxylic acids is 1. The normalized spacial score (nSPS) is 24.1. The van der Waals surface area contributed by atoms with E-state index in [1.807, 2.05) is 13.8 Å². The number of rotatable bonds is 4. The number of nitrogens with one attached hydrogen (secondary N) is 1. The second-order valence-corrected chi connectivity index (χ2v) is 6.80. The molecular formula is C19H22FN5O3. The highest BCUT2D eigenvalue weighted by atomic mass is 19.1. The first-order chi connectivity index (χ1) is 13.2. The Morgan fingerprint density at radius 1 is 1.32 bits per heavy atom.